The van der Waals surface area contributed by atoms with Crippen molar-refractivity contribution in [2.45, 2.75) is 19.9 Å². The Bertz CT molecular complexity index is 491. The third kappa shape index (κ3) is 6.18. The Balaban J connectivity index is 2.77. The second-order valence-corrected chi connectivity index (χ2v) is 5.11. The van der Waals surface area contributed by atoms with E-state index in [0.29, 0.717) is 37.8 Å². The van der Waals surface area contributed by atoms with Crippen LogP contribution in [0.1, 0.15) is 18.9 Å². The maximum atomic E-state index is 10.5. The van der Waals surface area contributed by atoms with Crippen molar-refractivity contribution >= 4 is 21.9 Å². The summed E-state index contributed by atoms with van der Waals surface area (Å²) < 4.78 is 12.0. The number of carbonyl (C=O) groups is 1. The number of rotatable bonds is 10. The van der Waals surface area contributed by atoms with Gasteiger partial charge in [-0.2, -0.15) is 0 Å². The number of benzene rings is 1. The summed E-state index contributed by atoms with van der Waals surface area (Å²) >= 11 is 3.47. The molecule has 0 spiro atoms. The molecule has 2 N–H and O–H groups in total. The maximum absolute atomic E-state index is 10.5. The Kier molecular flexibility index (Phi) is 7.85. The fraction of sp³-hybridized carbons (Fsp3) is 0.400. The molecule has 0 saturated carbocycles. The van der Waals surface area contributed by atoms with Gasteiger partial charge in [-0.1, -0.05) is 12.7 Å². The van der Waals surface area contributed by atoms with Gasteiger partial charge >= 0.3 is 5.97 Å². The van der Waals surface area contributed by atoms with Crippen LogP contribution in [0.25, 0.3) is 0 Å². The SMILES string of the molecule is C=CCOc1c(Br)cc(CNCCC(=O)O)cc1OCC. The van der Waals surface area contributed by atoms with E-state index in [-0.39, 0.29) is 6.42 Å². The van der Waals surface area contributed by atoms with Gasteiger partial charge in [0.05, 0.1) is 17.5 Å². The van der Waals surface area contributed by atoms with Crippen LogP contribution in [0.3, 0.4) is 0 Å². The number of carboxylic acid groups (broad SMARTS) is 1. The molecule has 1 aromatic rings. The van der Waals surface area contributed by atoms with Gasteiger partial charge in [0.15, 0.2) is 11.5 Å². The summed E-state index contributed by atoms with van der Waals surface area (Å²) in [7, 11) is 0. The normalized spacial score (nSPS) is 10.2. The summed E-state index contributed by atoms with van der Waals surface area (Å²) in [5.41, 5.74) is 0.988. The van der Waals surface area contributed by atoms with Crippen LogP contribution in [-0.4, -0.2) is 30.8 Å². The first-order chi connectivity index (χ1) is 10.1. The summed E-state index contributed by atoms with van der Waals surface area (Å²) in [5.74, 6) is 0.488. The van der Waals surface area contributed by atoms with E-state index in [2.05, 4.69) is 27.8 Å². The molecule has 0 aliphatic heterocycles. The second-order valence-electron chi connectivity index (χ2n) is 4.26. The number of aliphatic carboxylic acids is 1. The van der Waals surface area contributed by atoms with Crippen LogP contribution in [0.4, 0.5) is 0 Å². The zero-order valence-corrected chi connectivity index (χ0v) is 13.6. The number of ether oxygens (including phenoxy) is 2. The lowest BCUT2D eigenvalue weighted by Gasteiger charge is -2.15. The zero-order chi connectivity index (χ0) is 15.7. The highest BCUT2D eigenvalue weighted by molar-refractivity contribution is 9.10. The van der Waals surface area contributed by atoms with E-state index in [1.165, 1.54) is 0 Å². The molecule has 1 aromatic carbocycles. The minimum absolute atomic E-state index is 0.0972. The quantitative estimate of drug-likeness (QED) is 0.497. The van der Waals surface area contributed by atoms with Crippen molar-refractivity contribution in [3.8, 4) is 11.5 Å². The first-order valence-corrected chi connectivity index (χ1v) is 7.49. The van der Waals surface area contributed by atoms with Crippen LogP contribution in [0.5, 0.6) is 11.5 Å². The summed E-state index contributed by atoms with van der Waals surface area (Å²) in [6, 6.07) is 3.81. The monoisotopic (exact) mass is 357 g/mol. The lowest BCUT2D eigenvalue weighted by molar-refractivity contribution is -0.136. The van der Waals surface area contributed by atoms with Crippen molar-refractivity contribution in [1.29, 1.82) is 0 Å². The molecule has 0 fully saturated rings. The summed E-state index contributed by atoms with van der Waals surface area (Å²) in [6.07, 6.45) is 1.77. The van der Waals surface area contributed by atoms with Crippen LogP contribution in [0, 0.1) is 0 Å². The van der Waals surface area contributed by atoms with Gasteiger partial charge in [0.25, 0.3) is 0 Å². The van der Waals surface area contributed by atoms with Crippen molar-refractivity contribution in [1.82, 2.24) is 5.32 Å². The highest BCUT2D eigenvalue weighted by Gasteiger charge is 2.12. The second kappa shape index (κ2) is 9.41. The Morgan fingerprint density at radius 3 is 2.86 bits per heavy atom. The van der Waals surface area contributed by atoms with E-state index in [1.54, 1.807) is 6.08 Å². The lowest BCUT2D eigenvalue weighted by Crippen LogP contribution is -2.17. The Labute approximate surface area is 133 Å². The largest absolute Gasteiger partial charge is 0.490 e. The third-order valence-corrected chi connectivity index (χ3v) is 3.15. The van der Waals surface area contributed by atoms with Crippen LogP contribution < -0.4 is 14.8 Å². The average Bonchev–Trinajstić information content (AvgIpc) is 2.43. The van der Waals surface area contributed by atoms with Crippen molar-refractivity contribution in [2.75, 3.05) is 19.8 Å². The predicted octanol–water partition coefficient (Wildman–Crippen LogP) is 2.98. The van der Waals surface area contributed by atoms with E-state index < -0.39 is 5.97 Å². The van der Waals surface area contributed by atoms with E-state index in [4.69, 9.17) is 14.6 Å². The van der Waals surface area contributed by atoms with Crippen molar-refractivity contribution in [2.24, 2.45) is 0 Å². The zero-order valence-electron chi connectivity index (χ0n) is 12.0. The third-order valence-electron chi connectivity index (χ3n) is 2.56. The number of carboxylic acids is 1. The molecule has 0 radical (unpaired) electrons. The van der Waals surface area contributed by atoms with Crippen LogP contribution in [-0.2, 0) is 11.3 Å². The van der Waals surface area contributed by atoms with Gasteiger partial charge in [0.1, 0.15) is 6.61 Å². The first kappa shape index (κ1) is 17.5. The molecule has 0 heterocycles. The lowest BCUT2D eigenvalue weighted by atomic mass is 10.2. The molecular weight excluding hydrogens is 338 g/mol. The number of halogens is 1. The highest BCUT2D eigenvalue weighted by atomic mass is 79.9. The average molecular weight is 358 g/mol. The van der Waals surface area contributed by atoms with Crippen LogP contribution in [0.15, 0.2) is 29.3 Å². The van der Waals surface area contributed by atoms with Gasteiger partial charge in [-0.15, -0.1) is 0 Å². The Morgan fingerprint density at radius 2 is 2.24 bits per heavy atom. The van der Waals surface area contributed by atoms with E-state index in [0.717, 1.165) is 10.0 Å². The molecule has 0 amide bonds. The topological polar surface area (TPSA) is 67.8 Å². The molecule has 0 aliphatic rings. The van der Waals surface area contributed by atoms with Gasteiger partial charge in [-0.3, -0.25) is 4.79 Å². The van der Waals surface area contributed by atoms with Gasteiger partial charge in [-0.25, -0.2) is 0 Å². The maximum Gasteiger partial charge on any atom is 0.304 e. The van der Waals surface area contributed by atoms with Gasteiger partial charge in [0.2, 0.25) is 0 Å². The number of hydrogen-bond donors (Lipinski definition) is 2. The fourth-order valence-corrected chi connectivity index (χ4v) is 2.30. The minimum Gasteiger partial charge on any atom is -0.490 e. The molecule has 0 atom stereocenters. The minimum atomic E-state index is -0.813. The molecule has 5 nitrogen and oxygen atoms in total. The smallest absolute Gasteiger partial charge is 0.304 e. The molecule has 0 bridgehead atoms. The summed E-state index contributed by atoms with van der Waals surface area (Å²) in [4.78, 5) is 10.5. The fourth-order valence-electron chi connectivity index (χ4n) is 1.70. The van der Waals surface area contributed by atoms with Crippen molar-refractivity contribution in [3.05, 3.63) is 34.8 Å². The van der Waals surface area contributed by atoms with Crippen molar-refractivity contribution < 1.29 is 19.4 Å². The molecular formula is C15H20BrNO4. The molecule has 0 aromatic heterocycles. The molecule has 21 heavy (non-hydrogen) atoms. The van der Waals surface area contributed by atoms with Crippen LogP contribution in [0.2, 0.25) is 0 Å². The molecule has 0 saturated heterocycles. The van der Waals surface area contributed by atoms with E-state index in [9.17, 15) is 4.79 Å². The Morgan fingerprint density at radius 1 is 1.48 bits per heavy atom. The molecule has 6 heteroatoms. The van der Waals surface area contributed by atoms with Gasteiger partial charge < -0.3 is 19.9 Å². The number of hydrogen-bond acceptors (Lipinski definition) is 4. The van der Waals surface area contributed by atoms with Crippen molar-refractivity contribution in [3.63, 3.8) is 0 Å². The summed E-state index contributed by atoms with van der Waals surface area (Å²) in [5, 5.41) is 11.7. The van der Waals surface area contributed by atoms with Crippen LogP contribution >= 0.6 is 15.9 Å². The van der Waals surface area contributed by atoms with Gasteiger partial charge in [-0.05, 0) is 40.5 Å². The predicted molar refractivity (Wildman–Crippen MR) is 85.0 cm³/mol. The molecule has 116 valence electrons. The standard InChI is InChI=1S/C15H20BrNO4/c1-3-7-21-15-12(16)8-11(9-13(15)20-4-2)10-17-6-5-14(18)19/h3,8-9,17H,1,4-7,10H2,2H3,(H,18,19). The highest BCUT2D eigenvalue weighted by Crippen LogP contribution is 2.37. The van der Waals surface area contributed by atoms with E-state index >= 15 is 0 Å². The Hall–Kier alpha value is -1.53. The first-order valence-electron chi connectivity index (χ1n) is 6.69. The summed E-state index contributed by atoms with van der Waals surface area (Å²) in [6.45, 7) is 7.45. The number of nitrogens with one attached hydrogen (secondary N) is 1. The van der Waals surface area contributed by atoms with Gasteiger partial charge in [0, 0.05) is 13.1 Å². The molecule has 1 rings (SSSR count). The van der Waals surface area contributed by atoms with E-state index in [1.807, 2.05) is 19.1 Å². The molecule has 0 aliphatic carbocycles. The molecule has 0 unspecified atom stereocenters.